The van der Waals surface area contributed by atoms with Gasteiger partial charge in [0.1, 0.15) is 0 Å². The van der Waals surface area contributed by atoms with Crippen LogP contribution in [0.5, 0.6) is 0 Å². The van der Waals surface area contributed by atoms with Crippen LogP contribution in [-0.4, -0.2) is 19.1 Å². The minimum absolute atomic E-state index is 0.622. The van der Waals surface area contributed by atoms with Crippen molar-refractivity contribution in [3.8, 4) is 0 Å². The molecule has 88 valence electrons. The largest absolute Gasteiger partial charge is 0.323 e. The van der Waals surface area contributed by atoms with Crippen LogP contribution in [0.4, 0.5) is 11.5 Å². The van der Waals surface area contributed by atoms with Gasteiger partial charge in [-0.05, 0) is 38.4 Å². The van der Waals surface area contributed by atoms with Gasteiger partial charge in [-0.15, -0.1) is 10.2 Å². The summed E-state index contributed by atoms with van der Waals surface area (Å²) < 4.78 is 0. The third kappa shape index (κ3) is 5.53. The Balaban J connectivity index is 0.000000437. The van der Waals surface area contributed by atoms with Crippen molar-refractivity contribution in [1.29, 1.82) is 0 Å². The second-order valence-electron chi connectivity index (χ2n) is 3.22. The molecule has 0 spiro atoms. The van der Waals surface area contributed by atoms with Crippen molar-refractivity contribution in [2.45, 2.75) is 0 Å². The van der Waals surface area contributed by atoms with Crippen molar-refractivity contribution >= 4 is 11.5 Å². The van der Waals surface area contributed by atoms with E-state index in [1.54, 1.807) is 6.20 Å². The molecule has 1 aromatic carbocycles. The molecule has 0 radical (unpaired) electrons. The van der Waals surface area contributed by atoms with E-state index in [9.17, 15) is 0 Å². The van der Waals surface area contributed by atoms with Gasteiger partial charge < -0.3 is 5.32 Å². The Kier molecular flexibility index (Phi) is 6.21. The van der Waals surface area contributed by atoms with Crippen molar-refractivity contribution in [2.75, 3.05) is 14.1 Å². The van der Waals surface area contributed by atoms with E-state index < -0.39 is 0 Å². The predicted octanol–water partition coefficient (Wildman–Crippen LogP) is 3.33. The maximum atomic E-state index is 4.04. The lowest BCUT2D eigenvalue weighted by molar-refractivity contribution is 1.02. The van der Waals surface area contributed by atoms with E-state index >= 15 is 0 Å². The number of azo groups is 1. The molecule has 2 aromatic rings. The van der Waals surface area contributed by atoms with Crippen LogP contribution < -0.4 is 5.32 Å². The summed E-state index contributed by atoms with van der Waals surface area (Å²) in [7, 11) is 3.75. The number of benzene rings is 1. The Labute approximate surface area is 101 Å². The molecule has 0 atom stereocenters. The lowest BCUT2D eigenvalue weighted by Gasteiger charge is -1.90. The summed E-state index contributed by atoms with van der Waals surface area (Å²) in [5.41, 5.74) is 0.832. The van der Waals surface area contributed by atoms with E-state index in [2.05, 4.69) is 20.5 Å². The van der Waals surface area contributed by atoms with Crippen LogP contribution in [0.2, 0.25) is 0 Å². The molecule has 0 aliphatic heterocycles. The molecule has 17 heavy (non-hydrogen) atoms. The number of nitrogens with one attached hydrogen (secondary N) is 1. The summed E-state index contributed by atoms with van der Waals surface area (Å²) in [6.07, 6.45) is 1.69. The Hall–Kier alpha value is -2.07. The molecule has 1 N–H and O–H groups in total. The molecular weight excluding hydrogens is 212 g/mol. The molecule has 1 heterocycles. The summed E-state index contributed by atoms with van der Waals surface area (Å²) in [6, 6.07) is 15.1. The summed E-state index contributed by atoms with van der Waals surface area (Å²) >= 11 is 0. The SMILES string of the molecule is CNC.c1ccc(N=Nc2ccccn2)cc1. The zero-order chi connectivity index (χ0) is 12.3. The minimum atomic E-state index is 0.622. The van der Waals surface area contributed by atoms with Crippen LogP contribution in [0.15, 0.2) is 65.0 Å². The first-order valence-corrected chi connectivity index (χ1v) is 5.33. The summed E-state index contributed by atoms with van der Waals surface area (Å²) in [5, 5.41) is 10.8. The fourth-order valence-corrected chi connectivity index (χ4v) is 1.02. The van der Waals surface area contributed by atoms with E-state index in [1.807, 2.05) is 62.6 Å². The van der Waals surface area contributed by atoms with Gasteiger partial charge in [0.05, 0.1) is 5.69 Å². The lowest BCUT2D eigenvalue weighted by Crippen LogP contribution is -1.89. The first-order chi connectivity index (χ1) is 8.36. The zero-order valence-electron chi connectivity index (χ0n) is 10.0. The predicted molar refractivity (Wildman–Crippen MR) is 69.8 cm³/mol. The monoisotopic (exact) mass is 228 g/mol. The fraction of sp³-hybridized carbons (Fsp3) is 0.154. The van der Waals surface area contributed by atoms with Crippen molar-refractivity contribution < 1.29 is 0 Å². The molecule has 0 bridgehead atoms. The molecule has 0 unspecified atom stereocenters. The van der Waals surface area contributed by atoms with Crippen LogP contribution in [0, 0.1) is 0 Å². The second-order valence-corrected chi connectivity index (χ2v) is 3.22. The van der Waals surface area contributed by atoms with Crippen LogP contribution in [0.3, 0.4) is 0 Å². The van der Waals surface area contributed by atoms with Crippen LogP contribution in [0.25, 0.3) is 0 Å². The van der Waals surface area contributed by atoms with E-state index in [1.165, 1.54) is 0 Å². The van der Waals surface area contributed by atoms with E-state index in [-0.39, 0.29) is 0 Å². The highest BCUT2D eigenvalue weighted by Gasteiger charge is 1.87. The van der Waals surface area contributed by atoms with Gasteiger partial charge in [-0.25, -0.2) is 4.98 Å². The Morgan fingerprint density at radius 2 is 1.53 bits per heavy atom. The fourth-order valence-electron chi connectivity index (χ4n) is 1.02. The van der Waals surface area contributed by atoms with Crippen molar-refractivity contribution in [3.63, 3.8) is 0 Å². The van der Waals surface area contributed by atoms with Gasteiger partial charge in [0.25, 0.3) is 0 Å². The molecule has 4 heteroatoms. The number of aromatic nitrogens is 1. The molecule has 0 aliphatic rings. The van der Waals surface area contributed by atoms with Gasteiger partial charge in [-0.2, -0.15) is 0 Å². The topological polar surface area (TPSA) is 49.6 Å². The van der Waals surface area contributed by atoms with E-state index in [0.29, 0.717) is 5.82 Å². The quantitative estimate of drug-likeness (QED) is 0.801. The average Bonchev–Trinajstić information content (AvgIpc) is 2.40. The highest BCUT2D eigenvalue weighted by atomic mass is 15.1. The summed E-state index contributed by atoms with van der Waals surface area (Å²) in [4.78, 5) is 4.03. The Morgan fingerprint density at radius 3 is 2.12 bits per heavy atom. The van der Waals surface area contributed by atoms with Crippen molar-refractivity contribution in [1.82, 2.24) is 10.3 Å². The molecular formula is C13H16N4. The third-order valence-electron chi connectivity index (χ3n) is 1.67. The Bertz CT molecular complexity index is 384. The van der Waals surface area contributed by atoms with E-state index in [0.717, 1.165) is 5.69 Å². The highest BCUT2D eigenvalue weighted by molar-refractivity contribution is 5.36. The molecule has 0 saturated carbocycles. The summed E-state index contributed by atoms with van der Waals surface area (Å²) in [5.74, 6) is 0.622. The van der Waals surface area contributed by atoms with Gasteiger partial charge in [-0.3, -0.25) is 0 Å². The third-order valence-corrected chi connectivity index (χ3v) is 1.67. The molecule has 4 nitrogen and oxygen atoms in total. The number of pyridine rings is 1. The van der Waals surface area contributed by atoms with E-state index in [4.69, 9.17) is 0 Å². The smallest absolute Gasteiger partial charge is 0.174 e. The standard InChI is InChI=1S/C11H9N3.C2H7N/c1-2-6-10(7-3-1)13-14-11-8-4-5-9-12-11;1-3-2/h1-9H;3H,1-2H3. The molecule has 2 rings (SSSR count). The molecule has 0 aliphatic carbocycles. The second kappa shape index (κ2) is 8.13. The van der Waals surface area contributed by atoms with Gasteiger partial charge in [-0.1, -0.05) is 24.3 Å². The van der Waals surface area contributed by atoms with Gasteiger partial charge in [0, 0.05) is 6.20 Å². The Morgan fingerprint density at radius 1 is 0.882 bits per heavy atom. The molecule has 1 aromatic heterocycles. The van der Waals surface area contributed by atoms with Gasteiger partial charge in [0.2, 0.25) is 0 Å². The number of rotatable bonds is 2. The normalized spacial score (nSPS) is 9.76. The van der Waals surface area contributed by atoms with Crippen LogP contribution >= 0.6 is 0 Å². The lowest BCUT2D eigenvalue weighted by atomic mass is 10.3. The number of hydrogen-bond acceptors (Lipinski definition) is 4. The van der Waals surface area contributed by atoms with Crippen molar-refractivity contribution in [3.05, 3.63) is 54.7 Å². The molecule has 0 fully saturated rings. The van der Waals surface area contributed by atoms with Gasteiger partial charge in [0.15, 0.2) is 5.82 Å². The molecule has 0 saturated heterocycles. The van der Waals surface area contributed by atoms with Crippen LogP contribution in [-0.2, 0) is 0 Å². The maximum absolute atomic E-state index is 4.04. The van der Waals surface area contributed by atoms with Crippen molar-refractivity contribution in [2.24, 2.45) is 10.2 Å². The van der Waals surface area contributed by atoms with Gasteiger partial charge >= 0.3 is 0 Å². The first kappa shape index (κ1) is 13.0. The highest BCUT2D eigenvalue weighted by Crippen LogP contribution is 2.14. The molecule has 0 amide bonds. The average molecular weight is 228 g/mol. The summed E-state index contributed by atoms with van der Waals surface area (Å²) in [6.45, 7) is 0. The number of hydrogen-bond donors (Lipinski definition) is 1. The zero-order valence-corrected chi connectivity index (χ0v) is 10.0. The first-order valence-electron chi connectivity index (χ1n) is 5.33. The maximum Gasteiger partial charge on any atom is 0.174 e. The minimum Gasteiger partial charge on any atom is -0.323 e. The number of nitrogens with zero attached hydrogens (tertiary/aromatic N) is 3. The van der Waals surface area contributed by atoms with Crippen LogP contribution in [0.1, 0.15) is 0 Å².